The molecule has 1 amide bonds. The van der Waals surface area contributed by atoms with Crippen molar-refractivity contribution in [3.8, 4) is 10.6 Å². The maximum atomic E-state index is 12.3. The van der Waals surface area contributed by atoms with E-state index in [4.69, 9.17) is 11.6 Å². The third kappa shape index (κ3) is 3.40. The van der Waals surface area contributed by atoms with Crippen LogP contribution in [0.5, 0.6) is 0 Å². The van der Waals surface area contributed by atoms with Crippen molar-refractivity contribution in [2.45, 2.75) is 6.54 Å². The van der Waals surface area contributed by atoms with E-state index in [0.29, 0.717) is 23.1 Å². The van der Waals surface area contributed by atoms with Gasteiger partial charge >= 0.3 is 0 Å². The molecule has 0 spiro atoms. The molecule has 0 saturated carbocycles. The minimum atomic E-state index is -0.225. The Balaban J connectivity index is 1.45. The number of hydrogen-bond donors (Lipinski definition) is 2. The van der Waals surface area contributed by atoms with E-state index in [2.05, 4.69) is 20.3 Å². The molecule has 0 saturated heterocycles. The van der Waals surface area contributed by atoms with Crippen LogP contribution in [0.1, 0.15) is 16.3 Å². The molecular weight excluding hydrogens is 356 g/mol. The fourth-order valence-electron chi connectivity index (χ4n) is 2.45. The maximum absolute atomic E-state index is 12.3. The molecule has 2 aromatic carbocycles. The van der Waals surface area contributed by atoms with Crippen molar-refractivity contribution in [3.63, 3.8) is 0 Å². The molecule has 0 unspecified atom stereocenters. The van der Waals surface area contributed by atoms with Crippen LogP contribution in [-0.2, 0) is 6.54 Å². The van der Waals surface area contributed by atoms with Crippen LogP contribution in [0.15, 0.2) is 53.9 Å². The van der Waals surface area contributed by atoms with E-state index in [1.165, 1.54) is 11.3 Å². The molecule has 4 aromatic rings. The second-order valence-corrected chi connectivity index (χ2v) is 6.72. The van der Waals surface area contributed by atoms with Crippen LogP contribution < -0.4 is 5.32 Å². The van der Waals surface area contributed by atoms with Crippen molar-refractivity contribution in [2.75, 3.05) is 0 Å². The minimum Gasteiger partial charge on any atom is -0.343 e. The molecule has 25 heavy (non-hydrogen) atoms. The number of carbonyl (C=O) groups is 1. The first-order chi connectivity index (χ1) is 12.2. The van der Waals surface area contributed by atoms with Crippen molar-refractivity contribution in [3.05, 3.63) is 70.5 Å². The number of rotatable bonds is 4. The van der Waals surface area contributed by atoms with Crippen molar-refractivity contribution >= 4 is 39.9 Å². The van der Waals surface area contributed by atoms with Gasteiger partial charge in [-0.05, 0) is 24.3 Å². The zero-order valence-corrected chi connectivity index (χ0v) is 14.6. The van der Waals surface area contributed by atoms with E-state index in [1.54, 1.807) is 17.5 Å². The second kappa shape index (κ2) is 6.66. The molecule has 0 aliphatic heterocycles. The minimum absolute atomic E-state index is 0.225. The summed E-state index contributed by atoms with van der Waals surface area (Å²) in [7, 11) is 0. The van der Waals surface area contributed by atoms with E-state index in [0.717, 1.165) is 21.6 Å². The quantitative estimate of drug-likeness (QED) is 0.565. The molecule has 2 aromatic heterocycles. The lowest BCUT2D eigenvalue weighted by Gasteiger charge is -2.00. The number of aromatic amines is 1. The van der Waals surface area contributed by atoms with Crippen LogP contribution in [0, 0.1) is 0 Å². The summed E-state index contributed by atoms with van der Waals surface area (Å²) in [6, 6.07) is 15.1. The maximum Gasteiger partial charge on any atom is 0.271 e. The molecule has 0 aliphatic carbocycles. The zero-order chi connectivity index (χ0) is 17.2. The summed E-state index contributed by atoms with van der Waals surface area (Å²) < 4.78 is 0. The molecule has 2 heterocycles. The smallest absolute Gasteiger partial charge is 0.271 e. The number of H-pyrrole nitrogens is 1. The van der Waals surface area contributed by atoms with Crippen molar-refractivity contribution in [2.24, 2.45) is 0 Å². The largest absolute Gasteiger partial charge is 0.343 e. The highest BCUT2D eigenvalue weighted by Crippen LogP contribution is 2.25. The normalized spacial score (nSPS) is 10.9. The van der Waals surface area contributed by atoms with Crippen molar-refractivity contribution in [1.82, 2.24) is 20.3 Å². The van der Waals surface area contributed by atoms with Crippen LogP contribution in [-0.4, -0.2) is 20.9 Å². The van der Waals surface area contributed by atoms with Gasteiger partial charge in [0.25, 0.3) is 5.91 Å². The molecule has 0 fully saturated rings. The highest BCUT2D eigenvalue weighted by atomic mass is 35.5. The number of hydrogen-bond acceptors (Lipinski definition) is 4. The zero-order valence-electron chi connectivity index (χ0n) is 13.0. The lowest BCUT2D eigenvalue weighted by Crippen LogP contribution is -2.23. The van der Waals surface area contributed by atoms with Gasteiger partial charge < -0.3 is 10.3 Å². The number of carbonyl (C=O) groups excluding carboxylic acids is 1. The fourth-order valence-corrected chi connectivity index (χ4v) is 3.38. The Morgan fingerprint density at radius 3 is 2.72 bits per heavy atom. The molecule has 0 aliphatic rings. The number of nitrogens with zero attached hydrogens (tertiary/aromatic N) is 2. The van der Waals surface area contributed by atoms with Crippen LogP contribution in [0.4, 0.5) is 0 Å². The van der Waals surface area contributed by atoms with E-state index < -0.39 is 0 Å². The Hall–Kier alpha value is -2.70. The third-order valence-electron chi connectivity index (χ3n) is 3.68. The average molecular weight is 369 g/mol. The van der Waals surface area contributed by atoms with Crippen molar-refractivity contribution in [1.29, 1.82) is 0 Å². The second-order valence-electron chi connectivity index (χ2n) is 5.43. The summed E-state index contributed by atoms with van der Waals surface area (Å²) in [6.45, 7) is 0.321. The van der Waals surface area contributed by atoms with Gasteiger partial charge in [-0.15, -0.1) is 11.3 Å². The number of imidazole rings is 1. The number of para-hydroxylation sites is 2. The first kappa shape index (κ1) is 15.8. The van der Waals surface area contributed by atoms with Crippen LogP contribution in [0.2, 0.25) is 5.02 Å². The van der Waals surface area contributed by atoms with Crippen LogP contribution >= 0.6 is 22.9 Å². The summed E-state index contributed by atoms with van der Waals surface area (Å²) in [4.78, 5) is 24.3. The summed E-state index contributed by atoms with van der Waals surface area (Å²) in [5.74, 6) is 0.486. The van der Waals surface area contributed by atoms with Crippen molar-refractivity contribution < 1.29 is 4.79 Å². The summed E-state index contributed by atoms with van der Waals surface area (Å²) in [6.07, 6.45) is 0. The van der Waals surface area contributed by atoms with Gasteiger partial charge in [-0.3, -0.25) is 4.79 Å². The Kier molecular flexibility index (Phi) is 4.21. The molecule has 124 valence electrons. The first-order valence-corrected chi connectivity index (χ1v) is 8.88. The molecule has 5 nitrogen and oxygen atoms in total. The predicted molar refractivity (Wildman–Crippen MR) is 99.8 cm³/mol. The van der Waals surface area contributed by atoms with E-state index in [1.807, 2.05) is 36.4 Å². The van der Waals surface area contributed by atoms with Gasteiger partial charge in [0.15, 0.2) is 0 Å². The van der Waals surface area contributed by atoms with Crippen LogP contribution in [0.25, 0.3) is 21.6 Å². The molecule has 0 atom stereocenters. The predicted octanol–water partition coefficient (Wildman–Crippen LogP) is 4.27. The van der Waals surface area contributed by atoms with Gasteiger partial charge in [-0.1, -0.05) is 35.9 Å². The SMILES string of the molecule is O=C(NCc1nc2ccccc2[nH]1)c1csc(-c2ccc(Cl)cc2)n1. The van der Waals surface area contributed by atoms with Crippen LogP contribution in [0.3, 0.4) is 0 Å². The molecule has 2 N–H and O–H groups in total. The number of fused-ring (bicyclic) bond motifs is 1. The first-order valence-electron chi connectivity index (χ1n) is 7.62. The molecule has 4 rings (SSSR count). The highest BCUT2D eigenvalue weighted by Gasteiger charge is 2.12. The Bertz CT molecular complexity index is 1010. The number of thiazole rings is 1. The van der Waals surface area contributed by atoms with E-state index >= 15 is 0 Å². The Morgan fingerprint density at radius 2 is 1.92 bits per heavy atom. The van der Waals surface area contributed by atoms with E-state index in [-0.39, 0.29) is 5.91 Å². The molecule has 0 bridgehead atoms. The van der Waals surface area contributed by atoms with E-state index in [9.17, 15) is 4.79 Å². The highest BCUT2D eigenvalue weighted by molar-refractivity contribution is 7.13. The molecule has 0 radical (unpaired) electrons. The van der Waals surface area contributed by atoms with Gasteiger partial charge in [-0.25, -0.2) is 9.97 Å². The number of aromatic nitrogens is 3. The summed E-state index contributed by atoms with van der Waals surface area (Å²) >= 11 is 7.32. The standard InChI is InChI=1S/C18H13ClN4OS/c19-12-7-5-11(6-8-12)18-23-15(10-25-18)17(24)20-9-16-21-13-3-1-2-4-14(13)22-16/h1-8,10H,9H2,(H,20,24)(H,21,22). The number of benzene rings is 2. The van der Waals surface area contributed by atoms with Gasteiger partial charge in [-0.2, -0.15) is 0 Å². The Labute approximate surface area is 152 Å². The third-order valence-corrected chi connectivity index (χ3v) is 4.83. The number of amides is 1. The Morgan fingerprint density at radius 1 is 1.12 bits per heavy atom. The lowest BCUT2D eigenvalue weighted by atomic mass is 10.2. The van der Waals surface area contributed by atoms with Gasteiger partial charge in [0.05, 0.1) is 17.6 Å². The summed E-state index contributed by atoms with van der Waals surface area (Å²) in [5, 5.41) is 6.04. The van der Waals surface area contributed by atoms with Gasteiger partial charge in [0.1, 0.15) is 16.5 Å². The molecule has 7 heteroatoms. The van der Waals surface area contributed by atoms with Gasteiger partial charge in [0, 0.05) is 16.0 Å². The fraction of sp³-hybridized carbons (Fsp3) is 0.0556. The summed E-state index contributed by atoms with van der Waals surface area (Å²) in [5.41, 5.74) is 3.16. The molecular formula is C18H13ClN4OS. The number of halogens is 1. The van der Waals surface area contributed by atoms with Gasteiger partial charge in [0.2, 0.25) is 0 Å². The number of nitrogens with one attached hydrogen (secondary N) is 2. The topological polar surface area (TPSA) is 70.7 Å². The monoisotopic (exact) mass is 368 g/mol. The lowest BCUT2D eigenvalue weighted by molar-refractivity contribution is 0.0946. The average Bonchev–Trinajstić information content (AvgIpc) is 3.27.